The van der Waals surface area contributed by atoms with Crippen LogP contribution in [0, 0.1) is 17.8 Å². The topological polar surface area (TPSA) is 357 Å². The molecule has 358 valence electrons. The van der Waals surface area contributed by atoms with E-state index in [0.29, 0.717) is 51.4 Å². The van der Waals surface area contributed by atoms with Gasteiger partial charge in [-0.2, -0.15) is 0 Å². The van der Waals surface area contributed by atoms with Crippen LogP contribution < -0.4 is 0 Å². The molecule has 7 rings (SSSR count). The Hall–Kier alpha value is -1.33. The molecular formula is C40H67O22+. The summed E-state index contributed by atoms with van der Waals surface area (Å²) >= 11 is 0. The van der Waals surface area contributed by atoms with E-state index in [2.05, 4.69) is 0 Å². The highest BCUT2D eigenvalue weighted by molar-refractivity contribution is 5.72. The van der Waals surface area contributed by atoms with Gasteiger partial charge < -0.3 is 104 Å². The second-order valence-corrected chi connectivity index (χ2v) is 18.3. The lowest BCUT2D eigenvalue weighted by Gasteiger charge is -2.49. The minimum atomic E-state index is -1.74. The van der Waals surface area contributed by atoms with Crippen molar-refractivity contribution in [3.8, 4) is 0 Å². The van der Waals surface area contributed by atoms with Crippen molar-refractivity contribution in [3.63, 3.8) is 0 Å². The minimum Gasteiger partial charge on any atom is -0.463 e. The van der Waals surface area contributed by atoms with Gasteiger partial charge in [-0.3, -0.25) is 4.79 Å². The zero-order valence-corrected chi connectivity index (χ0v) is 34.4. The molecule has 7 aliphatic rings. The molecule has 0 amide bonds. The summed E-state index contributed by atoms with van der Waals surface area (Å²) in [6, 6.07) is 0. The van der Waals surface area contributed by atoms with Crippen molar-refractivity contribution >= 4 is 5.97 Å². The Bertz CT molecular complexity index is 1410. The van der Waals surface area contributed by atoms with Gasteiger partial charge in [-0.15, -0.1) is 0 Å². The van der Waals surface area contributed by atoms with E-state index < -0.39 is 172 Å². The Labute approximate surface area is 357 Å². The average molecular weight is 900 g/mol. The zero-order valence-electron chi connectivity index (χ0n) is 34.4. The van der Waals surface area contributed by atoms with E-state index in [1.807, 2.05) is 0 Å². The molecule has 4 aliphatic heterocycles. The number of aliphatic hydroxyl groups excluding tert-OH is 13. The van der Waals surface area contributed by atoms with Crippen LogP contribution in [0.3, 0.4) is 0 Å². The van der Waals surface area contributed by atoms with Gasteiger partial charge in [-0.05, 0) is 57.8 Å². The number of hydrogen-bond donors (Lipinski definition) is 13. The van der Waals surface area contributed by atoms with E-state index >= 15 is 0 Å². The highest BCUT2D eigenvalue weighted by Gasteiger charge is 2.56. The molecule has 3 aliphatic carbocycles. The molecule has 0 aromatic carbocycles. The quantitative estimate of drug-likeness (QED) is 0.0641. The lowest BCUT2D eigenvalue weighted by molar-refractivity contribution is -0.361. The van der Waals surface area contributed by atoms with Gasteiger partial charge in [0.25, 0.3) is 0 Å². The van der Waals surface area contributed by atoms with Crippen molar-refractivity contribution in [1.29, 1.82) is 0 Å². The Morgan fingerprint density at radius 3 is 1.58 bits per heavy atom. The third-order valence-electron chi connectivity index (χ3n) is 14.2. The lowest BCUT2D eigenvalue weighted by Crippen LogP contribution is -2.63. The Morgan fingerprint density at radius 1 is 0.532 bits per heavy atom. The van der Waals surface area contributed by atoms with E-state index in [4.69, 9.17) is 37.9 Å². The van der Waals surface area contributed by atoms with Gasteiger partial charge in [0.05, 0.1) is 49.5 Å². The first-order valence-electron chi connectivity index (χ1n) is 22.1. The first kappa shape index (κ1) is 48.6. The number of rotatable bonds is 12. The van der Waals surface area contributed by atoms with Crippen LogP contribution in [0.1, 0.15) is 70.6 Å². The normalized spacial score (nSPS) is 51.6. The molecule has 4 saturated heterocycles. The summed E-state index contributed by atoms with van der Waals surface area (Å²) < 4.78 is 45.9. The fourth-order valence-electron chi connectivity index (χ4n) is 10.4. The average Bonchev–Trinajstić information content (AvgIpc) is 3.26. The van der Waals surface area contributed by atoms with Crippen LogP contribution in [-0.4, -0.2) is 232 Å². The van der Waals surface area contributed by atoms with Crippen molar-refractivity contribution in [2.24, 2.45) is 17.8 Å². The molecule has 4 heterocycles. The van der Waals surface area contributed by atoms with Crippen LogP contribution in [0.2, 0.25) is 0 Å². The molecule has 0 aromatic rings. The summed E-state index contributed by atoms with van der Waals surface area (Å²) in [4.78, 5) is 13.1. The number of aliphatic hydroxyl groups is 15. The van der Waals surface area contributed by atoms with E-state index in [9.17, 15) is 71.2 Å². The first-order valence-corrected chi connectivity index (χ1v) is 22.1. The summed E-state index contributed by atoms with van der Waals surface area (Å²) in [5, 5.41) is 135. The number of carbonyl (C=O) groups is 1. The highest BCUT2D eigenvalue weighted by atomic mass is 16.7. The molecule has 22 nitrogen and oxygen atoms in total. The van der Waals surface area contributed by atoms with Gasteiger partial charge in [0.1, 0.15) is 86.0 Å². The fourth-order valence-corrected chi connectivity index (χ4v) is 10.4. The van der Waals surface area contributed by atoms with Crippen molar-refractivity contribution in [2.45, 2.75) is 205 Å². The molecule has 3 saturated carbocycles. The number of fused-ring (bicyclic) bond motifs is 1. The molecule has 0 radical (unpaired) electrons. The molecule has 14 N–H and O–H groups in total. The summed E-state index contributed by atoms with van der Waals surface area (Å²) in [7, 11) is 0. The number of ether oxygens (including phenoxy) is 8. The van der Waals surface area contributed by atoms with Gasteiger partial charge in [0.2, 0.25) is 0 Å². The van der Waals surface area contributed by atoms with E-state index in [0.717, 1.165) is 0 Å². The standard InChI is InChI=1S/C40H66O22/c41-12-24-27(45)30(48)33(51)38(60-24)56-18-7-3-16(4-8-18)37(54)55-14-26-29(47)32(50)34(52)39(62-26)57-19-9-21(44)20-11-23(59-40-35(53)31(49)28(46)25(13-42)61-40)36(58-22(20)10-19)15-1-5-17(43)6-2-15/h15-36,38-53H,1-14H2/p+1/t15?,16?,17?,18?,19?,20?,21?,22?,23?,24-,25-,26-,27-,28-,29-,30+,31+,32+,33-,34-,35-,36?,38-,39-,40-/m1/s1. The third-order valence-corrected chi connectivity index (χ3v) is 14.2. The number of carbonyl (C=O) groups excluding carboxylic acids is 1. The predicted octanol–water partition coefficient (Wildman–Crippen LogP) is -5.73. The Balaban J connectivity index is 0.924. The van der Waals surface area contributed by atoms with E-state index in [1.54, 1.807) is 0 Å². The minimum absolute atomic E-state index is 0.0452. The van der Waals surface area contributed by atoms with E-state index in [1.165, 1.54) is 0 Å². The summed E-state index contributed by atoms with van der Waals surface area (Å²) in [6.45, 7) is -1.71. The Morgan fingerprint density at radius 2 is 1.03 bits per heavy atom. The second kappa shape index (κ2) is 21.1. The van der Waals surface area contributed by atoms with Gasteiger partial charge in [0.15, 0.2) is 31.1 Å². The maximum Gasteiger partial charge on any atom is 0.309 e. The van der Waals surface area contributed by atoms with Gasteiger partial charge in [0, 0.05) is 18.8 Å². The second-order valence-electron chi connectivity index (χ2n) is 18.3. The molecular weight excluding hydrogens is 832 g/mol. The molecule has 62 heavy (non-hydrogen) atoms. The van der Waals surface area contributed by atoms with Crippen molar-refractivity contribution < 1.29 is 109 Å². The van der Waals surface area contributed by atoms with Gasteiger partial charge in [-0.1, -0.05) is 0 Å². The third kappa shape index (κ3) is 10.6. The molecule has 6 unspecified atom stereocenters. The smallest absolute Gasteiger partial charge is 0.309 e. The summed E-state index contributed by atoms with van der Waals surface area (Å²) in [6.07, 6.45) is -22.4. The monoisotopic (exact) mass is 899 g/mol. The van der Waals surface area contributed by atoms with Gasteiger partial charge in [-0.25, -0.2) is 0 Å². The zero-order chi connectivity index (χ0) is 44.6. The first-order chi connectivity index (χ1) is 29.6. The van der Waals surface area contributed by atoms with Crippen LogP contribution >= 0.6 is 0 Å². The summed E-state index contributed by atoms with van der Waals surface area (Å²) in [5.74, 6) is -1.65. The molecule has 0 aromatic heterocycles. The maximum absolute atomic E-state index is 13.1. The Kier molecular flexibility index (Phi) is 16.5. The van der Waals surface area contributed by atoms with Crippen LogP contribution in [0.25, 0.3) is 0 Å². The SMILES string of the molecule is O=C(OC[C@H]1O[C@@H](OC2CC(O)C3CC(O[C@@H]4O[C@H](CO)[C@@H](O)[C@H](O)[C@H]4O)C(C4CCC(O)CC4)[OH+]C3C2)[C@H](O)[C@@H](O)[C@@H]1O)C1CCC(O[C@@H]2O[C@H](CO)[C@@H](O)[C@H](O)[C@H]2O)CC1. The molecule has 7 fully saturated rings. The fraction of sp³-hybridized carbons (Fsp3) is 0.975. The van der Waals surface area contributed by atoms with Crippen LogP contribution in [0.15, 0.2) is 0 Å². The molecule has 0 spiro atoms. The number of hydrogen-bond acceptors (Lipinski definition) is 21. The van der Waals surface area contributed by atoms with Crippen LogP contribution in [-0.2, 0) is 38.0 Å². The van der Waals surface area contributed by atoms with Crippen molar-refractivity contribution in [3.05, 3.63) is 0 Å². The summed E-state index contributed by atoms with van der Waals surface area (Å²) in [5.41, 5.74) is 0. The van der Waals surface area contributed by atoms with Crippen LogP contribution in [0.5, 0.6) is 0 Å². The molecule has 21 atom stereocenters. The predicted molar refractivity (Wildman–Crippen MR) is 203 cm³/mol. The molecule has 0 bridgehead atoms. The van der Waals surface area contributed by atoms with E-state index in [-0.39, 0.29) is 25.2 Å². The van der Waals surface area contributed by atoms with Gasteiger partial charge >= 0.3 is 5.97 Å². The largest absolute Gasteiger partial charge is 0.463 e. The maximum atomic E-state index is 13.1. The lowest BCUT2D eigenvalue weighted by atomic mass is 9.73. The highest BCUT2D eigenvalue weighted by Crippen LogP contribution is 2.43. The van der Waals surface area contributed by atoms with Crippen molar-refractivity contribution in [1.82, 2.24) is 0 Å². The van der Waals surface area contributed by atoms with Crippen LogP contribution in [0.4, 0.5) is 0 Å². The van der Waals surface area contributed by atoms with Crippen molar-refractivity contribution in [2.75, 3.05) is 19.8 Å². The number of esters is 1. The molecule has 22 heteroatoms.